The Morgan fingerprint density at radius 3 is 2.52 bits per heavy atom. The number of fused-ring (bicyclic) bond motifs is 1. The molecule has 0 aromatic heterocycles. The third-order valence-corrected chi connectivity index (χ3v) is 4.41. The summed E-state index contributed by atoms with van der Waals surface area (Å²) in [6, 6.07) is 3.65. The van der Waals surface area contributed by atoms with E-state index in [2.05, 4.69) is 0 Å². The smallest absolute Gasteiger partial charge is 0.416 e. The molecule has 1 aliphatic carbocycles. The molecule has 0 radical (unpaired) electrons. The van der Waals surface area contributed by atoms with E-state index in [1.165, 1.54) is 6.07 Å². The van der Waals surface area contributed by atoms with Crippen LogP contribution < -0.4 is 4.90 Å². The van der Waals surface area contributed by atoms with E-state index < -0.39 is 17.8 Å². The molecule has 1 heterocycles. The lowest BCUT2D eigenvalue weighted by atomic mass is 9.92. The van der Waals surface area contributed by atoms with Crippen LogP contribution in [0.5, 0.6) is 0 Å². The van der Waals surface area contributed by atoms with Gasteiger partial charge in [-0.25, -0.2) is 4.79 Å². The lowest BCUT2D eigenvalue weighted by Crippen LogP contribution is -2.46. The summed E-state index contributed by atoms with van der Waals surface area (Å²) < 4.78 is 44.0. The maximum Gasteiger partial charge on any atom is 0.416 e. The van der Waals surface area contributed by atoms with E-state index in [1.54, 1.807) is 18.7 Å². The number of ether oxygens (including phenoxy) is 1. The number of halogens is 3. The number of carbonyl (C=O) groups is 1. The summed E-state index contributed by atoms with van der Waals surface area (Å²) in [4.78, 5) is 14.1. The molecule has 1 aromatic carbocycles. The molecule has 126 valence electrons. The Hall–Kier alpha value is -1.72. The molecular weight excluding hydrogens is 307 g/mol. The molecule has 3 rings (SSSR count). The van der Waals surface area contributed by atoms with Crippen molar-refractivity contribution in [1.82, 2.24) is 0 Å². The first-order valence-corrected chi connectivity index (χ1v) is 7.97. The minimum Gasteiger partial charge on any atom is -0.446 e. The molecule has 6 heteroatoms. The molecule has 1 fully saturated rings. The molecule has 3 nitrogen and oxygen atoms in total. The zero-order valence-corrected chi connectivity index (χ0v) is 13.2. The van der Waals surface area contributed by atoms with E-state index >= 15 is 0 Å². The molecule has 0 bridgehead atoms. The van der Waals surface area contributed by atoms with Crippen molar-refractivity contribution in [3.05, 3.63) is 29.3 Å². The summed E-state index contributed by atoms with van der Waals surface area (Å²) in [5, 5.41) is 0. The number of hydrogen-bond acceptors (Lipinski definition) is 2. The third-order valence-electron chi connectivity index (χ3n) is 4.41. The number of nitrogens with zero attached hydrogens (tertiary/aromatic N) is 1. The van der Waals surface area contributed by atoms with Crippen molar-refractivity contribution in [2.24, 2.45) is 5.92 Å². The van der Waals surface area contributed by atoms with E-state index in [0.29, 0.717) is 30.0 Å². The molecule has 1 aliphatic heterocycles. The Labute approximate surface area is 133 Å². The molecule has 1 aromatic rings. The highest BCUT2D eigenvalue weighted by atomic mass is 19.4. The van der Waals surface area contributed by atoms with E-state index in [0.717, 1.165) is 25.0 Å². The minimum absolute atomic E-state index is 0.0329. The fraction of sp³-hybridized carbons (Fsp3) is 0.588. The van der Waals surface area contributed by atoms with Crippen LogP contribution in [0.3, 0.4) is 0 Å². The van der Waals surface area contributed by atoms with Gasteiger partial charge in [-0.05, 0) is 69.2 Å². The highest BCUT2D eigenvalue weighted by Crippen LogP contribution is 2.44. The second-order valence-corrected chi connectivity index (χ2v) is 6.59. The number of amides is 1. The average molecular weight is 327 g/mol. The van der Waals surface area contributed by atoms with Crippen LogP contribution in [0, 0.1) is 5.92 Å². The monoisotopic (exact) mass is 327 g/mol. The predicted molar refractivity (Wildman–Crippen MR) is 80.4 cm³/mol. The molecule has 0 spiro atoms. The van der Waals surface area contributed by atoms with Crippen LogP contribution in [-0.2, 0) is 17.3 Å². The van der Waals surface area contributed by atoms with Crippen LogP contribution in [0.4, 0.5) is 23.7 Å². The van der Waals surface area contributed by atoms with Crippen molar-refractivity contribution in [2.45, 2.75) is 57.9 Å². The molecule has 0 unspecified atom stereocenters. The Morgan fingerprint density at radius 2 is 1.96 bits per heavy atom. The fourth-order valence-corrected chi connectivity index (χ4v) is 3.23. The summed E-state index contributed by atoms with van der Waals surface area (Å²) in [5.41, 5.74) is 0.461. The molecule has 2 aliphatic rings. The van der Waals surface area contributed by atoms with Gasteiger partial charge in [0.15, 0.2) is 0 Å². The second kappa shape index (κ2) is 5.73. The van der Waals surface area contributed by atoms with Gasteiger partial charge in [0.1, 0.15) is 0 Å². The van der Waals surface area contributed by atoms with Gasteiger partial charge in [-0.3, -0.25) is 4.90 Å². The largest absolute Gasteiger partial charge is 0.446 e. The van der Waals surface area contributed by atoms with Crippen molar-refractivity contribution in [3.63, 3.8) is 0 Å². The zero-order chi connectivity index (χ0) is 16.8. The minimum atomic E-state index is -4.37. The highest BCUT2D eigenvalue weighted by Gasteiger charge is 2.42. The first kappa shape index (κ1) is 16.1. The quantitative estimate of drug-likeness (QED) is 0.782. The van der Waals surface area contributed by atoms with Crippen molar-refractivity contribution in [2.75, 3.05) is 4.90 Å². The van der Waals surface area contributed by atoms with Crippen LogP contribution in [0.15, 0.2) is 18.2 Å². The van der Waals surface area contributed by atoms with Gasteiger partial charge in [0.2, 0.25) is 0 Å². The van der Waals surface area contributed by atoms with Gasteiger partial charge in [-0.15, -0.1) is 0 Å². The van der Waals surface area contributed by atoms with Gasteiger partial charge >= 0.3 is 12.3 Å². The summed E-state index contributed by atoms with van der Waals surface area (Å²) in [6.07, 6.45) is -1.72. The normalized spacial score (nSPS) is 21.3. The highest BCUT2D eigenvalue weighted by molar-refractivity contribution is 5.90. The Kier molecular flexibility index (Phi) is 4.02. The lowest BCUT2D eigenvalue weighted by molar-refractivity contribution is -0.137. The van der Waals surface area contributed by atoms with E-state index in [1.807, 2.05) is 0 Å². The van der Waals surface area contributed by atoms with Gasteiger partial charge in [-0.2, -0.15) is 13.2 Å². The lowest BCUT2D eigenvalue weighted by Gasteiger charge is -2.37. The number of aryl methyl sites for hydroxylation is 1. The predicted octanol–water partition coefficient (Wildman–Crippen LogP) is 4.78. The molecule has 0 N–H and O–H groups in total. The number of anilines is 1. The standard InChI is InChI=1S/C17H20F3NO2/c1-10(2)23-16(22)21-14(11-3-4-11)7-5-12-9-13(17(18,19)20)6-8-15(12)21/h6,8-11,14H,3-5,7H2,1-2H3/t14-/m0/s1. The van der Waals surface area contributed by atoms with Crippen LogP contribution in [0.25, 0.3) is 0 Å². The van der Waals surface area contributed by atoms with Crippen LogP contribution in [0.2, 0.25) is 0 Å². The topological polar surface area (TPSA) is 29.5 Å². The van der Waals surface area contributed by atoms with Gasteiger partial charge in [0.25, 0.3) is 0 Å². The number of rotatable bonds is 2. The first-order valence-electron chi connectivity index (χ1n) is 7.97. The van der Waals surface area contributed by atoms with Gasteiger partial charge in [0.05, 0.1) is 17.4 Å². The number of hydrogen-bond donors (Lipinski definition) is 0. The van der Waals surface area contributed by atoms with Gasteiger partial charge in [0, 0.05) is 6.04 Å². The first-order chi connectivity index (χ1) is 10.8. The van der Waals surface area contributed by atoms with Crippen molar-refractivity contribution in [3.8, 4) is 0 Å². The molecule has 1 saturated carbocycles. The Morgan fingerprint density at radius 1 is 1.26 bits per heavy atom. The van der Waals surface area contributed by atoms with Crippen LogP contribution in [-0.4, -0.2) is 18.2 Å². The van der Waals surface area contributed by atoms with Crippen LogP contribution in [0.1, 0.15) is 44.2 Å². The van der Waals surface area contributed by atoms with E-state index in [-0.39, 0.29) is 12.1 Å². The SMILES string of the molecule is CC(C)OC(=O)N1c2ccc(C(F)(F)F)cc2CC[C@H]1C1CC1. The maximum atomic E-state index is 12.9. The Bertz CT molecular complexity index is 608. The summed E-state index contributed by atoms with van der Waals surface area (Å²) in [5.74, 6) is 0.435. The Balaban J connectivity index is 1.96. The van der Waals surface area contributed by atoms with Crippen LogP contribution >= 0.6 is 0 Å². The summed E-state index contributed by atoms with van der Waals surface area (Å²) in [6.45, 7) is 3.53. The zero-order valence-electron chi connectivity index (χ0n) is 13.2. The number of carbonyl (C=O) groups excluding carboxylic acids is 1. The van der Waals surface area contributed by atoms with Crippen molar-refractivity contribution < 1.29 is 22.7 Å². The molecule has 1 amide bonds. The van der Waals surface area contributed by atoms with Gasteiger partial charge < -0.3 is 4.74 Å². The summed E-state index contributed by atoms with van der Waals surface area (Å²) >= 11 is 0. The average Bonchev–Trinajstić information content (AvgIpc) is 3.28. The fourth-order valence-electron chi connectivity index (χ4n) is 3.23. The molecule has 23 heavy (non-hydrogen) atoms. The summed E-state index contributed by atoms with van der Waals surface area (Å²) in [7, 11) is 0. The van der Waals surface area contributed by atoms with Gasteiger partial charge in [-0.1, -0.05) is 0 Å². The maximum absolute atomic E-state index is 12.9. The molecular formula is C17H20F3NO2. The van der Waals surface area contributed by atoms with E-state index in [9.17, 15) is 18.0 Å². The van der Waals surface area contributed by atoms with Crippen molar-refractivity contribution >= 4 is 11.8 Å². The van der Waals surface area contributed by atoms with E-state index in [4.69, 9.17) is 4.74 Å². The van der Waals surface area contributed by atoms with Crippen molar-refractivity contribution in [1.29, 1.82) is 0 Å². The third kappa shape index (κ3) is 3.31. The number of alkyl halides is 3. The molecule has 0 saturated heterocycles. The number of benzene rings is 1. The second-order valence-electron chi connectivity index (χ2n) is 6.59. The molecule has 1 atom stereocenters.